The van der Waals surface area contributed by atoms with Crippen molar-refractivity contribution in [2.75, 3.05) is 19.0 Å². The molecule has 0 radical (unpaired) electrons. The molecule has 8 heteroatoms. The molecule has 0 unspecified atom stereocenters. The highest BCUT2D eigenvalue weighted by atomic mass is 16.8. The Kier molecular flexibility index (Phi) is 6.10. The molecular formula is C29H32N4O4. The first-order valence-corrected chi connectivity index (χ1v) is 12.7. The van der Waals surface area contributed by atoms with Crippen LogP contribution in [-0.2, 0) is 16.0 Å². The van der Waals surface area contributed by atoms with Crippen LogP contribution in [0.2, 0.25) is 0 Å². The molecule has 6 rings (SSSR count). The van der Waals surface area contributed by atoms with Gasteiger partial charge in [-0.1, -0.05) is 42.5 Å². The van der Waals surface area contributed by atoms with Gasteiger partial charge in [-0.3, -0.25) is 0 Å². The molecule has 1 saturated carbocycles. The molecule has 4 atom stereocenters. The predicted octanol–water partition coefficient (Wildman–Crippen LogP) is 4.79. The van der Waals surface area contributed by atoms with Gasteiger partial charge in [0.2, 0.25) is 0 Å². The van der Waals surface area contributed by atoms with E-state index < -0.39 is 5.79 Å². The molecule has 37 heavy (non-hydrogen) atoms. The topological polar surface area (TPSA) is 90.7 Å². The number of hydrogen-bond acceptors (Lipinski definition) is 7. The molecule has 2 fully saturated rings. The predicted molar refractivity (Wildman–Crippen MR) is 141 cm³/mol. The second-order valence-electron chi connectivity index (χ2n) is 10.2. The van der Waals surface area contributed by atoms with Gasteiger partial charge in [-0.15, -0.1) is 0 Å². The number of aliphatic hydroxyl groups is 1. The molecule has 3 heterocycles. The lowest BCUT2D eigenvalue weighted by Gasteiger charge is -2.24. The molecule has 2 aliphatic rings. The van der Waals surface area contributed by atoms with E-state index in [0.717, 1.165) is 45.7 Å². The number of anilines is 1. The van der Waals surface area contributed by atoms with Gasteiger partial charge in [-0.05, 0) is 43.5 Å². The SMILES string of the molecule is COc1ccc(CNc2ncnc3c2c(-c2ccccc2)cn3[C@@H]2C[C@H](CO)[C@H]3OC(C)(C)O[C@H]32)cc1. The Morgan fingerprint density at radius 3 is 2.54 bits per heavy atom. The lowest BCUT2D eigenvalue weighted by Crippen LogP contribution is -2.27. The number of fused-ring (bicyclic) bond motifs is 2. The number of rotatable bonds is 7. The molecule has 4 aromatic rings. The summed E-state index contributed by atoms with van der Waals surface area (Å²) in [7, 11) is 1.67. The number of nitrogens with zero attached hydrogens (tertiary/aromatic N) is 3. The van der Waals surface area contributed by atoms with Crippen molar-refractivity contribution in [3.63, 3.8) is 0 Å². The number of hydrogen-bond donors (Lipinski definition) is 2. The number of methoxy groups -OCH3 is 1. The van der Waals surface area contributed by atoms with Gasteiger partial charge in [0.1, 0.15) is 29.6 Å². The van der Waals surface area contributed by atoms with Crippen molar-refractivity contribution in [3.8, 4) is 16.9 Å². The summed E-state index contributed by atoms with van der Waals surface area (Å²) in [4.78, 5) is 9.39. The number of aromatic nitrogens is 3. The van der Waals surface area contributed by atoms with Crippen molar-refractivity contribution >= 4 is 16.9 Å². The van der Waals surface area contributed by atoms with Crippen molar-refractivity contribution in [3.05, 3.63) is 72.7 Å². The molecule has 1 aliphatic carbocycles. The Bertz CT molecular complexity index is 1390. The average molecular weight is 501 g/mol. The van der Waals surface area contributed by atoms with Crippen molar-refractivity contribution < 1.29 is 19.3 Å². The van der Waals surface area contributed by atoms with Crippen LogP contribution in [-0.4, -0.2) is 51.4 Å². The fourth-order valence-electron chi connectivity index (χ4n) is 5.75. The number of ether oxygens (including phenoxy) is 3. The number of benzene rings is 2. The van der Waals surface area contributed by atoms with E-state index in [0.29, 0.717) is 6.54 Å². The van der Waals surface area contributed by atoms with E-state index >= 15 is 0 Å². The normalized spacial score (nSPS) is 24.3. The molecular weight excluding hydrogens is 468 g/mol. The zero-order valence-corrected chi connectivity index (χ0v) is 21.3. The maximum absolute atomic E-state index is 10.1. The third-order valence-electron chi connectivity index (χ3n) is 7.46. The van der Waals surface area contributed by atoms with Gasteiger partial charge in [0.05, 0.1) is 24.6 Å². The van der Waals surface area contributed by atoms with Crippen molar-refractivity contribution in [2.45, 2.75) is 50.8 Å². The zero-order valence-electron chi connectivity index (χ0n) is 21.3. The Labute approximate surface area is 216 Å². The lowest BCUT2D eigenvalue weighted by molar-refractivity contribution is -0.161. The summed E-state index contributed by atoms with van der Waals surface area (Å²) in [5, 5.41) is 14.6. The van der Waals surface area contributed by atoms with E-state index in [-0.39, 0.29) is 30.8 Å². The quantitative estimate of drug-likeness (QED) is 0.377. The summed E-state index contributed by atoms with van der Waals surface area (Å²) < 4.78 is 20.1. The van der Waals surface area contributed by atoms with Crippen LogP contribution in [0.3, 0.4) is 0 Å². The van der Waals surface area contributed by atoms with Crippen LogP contribution in [0, 0.1) is 5.92 Å². The Morgan fingerprint density at radius 1 is 1.05 bits per heavy atom. The summed E-state index contributed by atoms with van der Waals surface area (Å²) in [5.41, 5.74) is 4.10. The molecule has 192 valence electrons. The van der Waals surface area contributed by atoms with Crippen molar-refractivity contribution in [1.82, 2.24) is 14.5 Å². The van der Waals surface area contributed by atoms with Crippen LogP contribution < -0.4 is 10.1 Å². The zero-order chi connectivity index (χ0) is 25.6. The minimum Gasteiger partial charge on any atom is -0.497 e. The lowest BCUT2D eigenvalue weighted by atomic mass is 10.1. The Hall–Kier alpha value is -3.46. The Morgan fingerprint density at radius 2 is 1.81 bits per heavy atom. The molecule has 0 amide bonds. The molecule has 0 spiro atoms. The number of aliphatic hydroxyl groups excluding tert-OH is 1. The summed E-state index contributed by atoms with van der Waals surface area (Å²) >= 11 is 0. The fourth-order valence-corrected chi connectivity index (χ4v) is 5.75. The summed E-state index contributed by atoms with van der Waals surface area (Å²) in [5.74, 6) is 0.917. The first kappa shape index (κ1) is 23.9. The average Bonchev–Trinajstić information content (AvgIpc) is 3.56. The smallest absolute Gasteiger partial charge is 0.163 e. The van der Waals surface area contributed by atoms with Gasteiger partial charge in [0, 0.05) is 30.8 Å². The van der Waals surface area contributed by atoms with E-state index in [9.17, 15) is 5.11 Å². The van der Waals surface area contributed by atoms with Crippen molar-refractivity contribution in [1.29, 1.82) is 0 Å². The molecule has 8 nitrogen and oxygen atoms in total. The highest BCUT2D eigenvalue weighted by Gasteiger charge is 2.54. The van der Waals surface area contributed by atoms with Crippen LogP contribution in [0.15, 0.2) is 67.1 Å². The van der Waals surface area contributed by atoms with E-state index in [2.05, 4.69) is 33.2 Å². The van der Waals surface area contributed by atoms with E-state index in [1.807, 2.05) is 56.3 Å². The molecule has 0 bridgehead atoms. The largest absolute Gasteiger partial charge is 0.497 e. The van der Waals surface area contributed by atoms with E-state index in [1.165, 1.54) is 0 Å². The number of nitrogens with one attached hydrogen (secondary N) is 1. The molecule has 2 N–H and O–H groups in total. The van der Waals surface area contributed by atoms with Gasteiger partial charge in [-0.25, -0.2) is 9.97 Å². The third kappa shape index (κ3) is 4.35. The fraction of sp³-hybridized carbons (Fsp3) is 0.379. The second-order valence-corrected chi connectivity index (χ2v) is 10.2. The van der Waals surface area contributed by atoms with Gasteiger partial charge in [0.25, 0.3) is 0 Å². The Balaban J connectivity index is 1.42. The van der Waals surface area contributed by atoms with Crippen LogP contribution in [0.25, 0.3) is 22.2 Å². The second kappa shape index (κ2) is 9.45. The van der Waals surface area contributed by atoms with Gasteiger partial charge >= 0.3 is 0 Å². The minimum absolute atomic E-state index is 0.00362. The molecule has 1 aliphatic heterocycles. The van der Waals surface area contributed by atoms with Crippen molar-refractivity contribution in [2.24, 2.45) is 5.92 Å². The van der Waals surface area contributed by atoms with Crippen LogP contribution in [0.5, 0.6) is 5.75 Å². The van der Waals surface area contributed by atoms with Crippen LogP contribution in [0.4, 0.5) is 5.82 Å². The summed E-state index contributed by atoms with van der Waals surface area (Å²) in [6.07, 6.45) is 4.19. The van der Waals surface area contributed by atoms with Gasteiger partial charge in [0.15, 0.2) is 5.79 Å². The first-order chi connectivity index (χ1) is 18.0. The highest BCUT2D eigenvalue weighted by molar-refractivity contribution is 6.01. The van der Waals surface area contributed by atoms with Gasteiger partial charge in [-0.2, -0.15) is 0 Å². The molecule has 2 aromatic carbocycles. The van der Waals surface area contributed by atoms with E-state index in [1.54, 1.807) is 13.4 Å². The maximum atomic E-state index is 10.1. The molecule has 2 aromatic heterocycles. The van der Waals surface area contributed by atoms with Crippen LogP contribution >= 0.6 is 0 Å². The molecule has 1 saturated heterocycles. The maximum Gasteiger partial charge on any atom is 0.163 e. The highest BCUT2D eigenvalue weighted by Crippen LogP contribution is 2.48. The van der Waals surface area contributed by atoms with Crippen LogP contribution in [0.1, 0.15) is 31.9 Å². The monoisotopic (exact) mass is 500 g/mol. The minimum atomic E-state index is -0.688. The first-order valence-electron chi connectivity index (χ1n) is 12.7. The summed E-state index contributed by atoms with van der Waals surface area (Å²) in [6.45, 7) is 4.54. The summed E-state index contributed by atoms with van der Waals surface area (Å²) in [6, 6.07) is 18.3. The van der Waals surface area contributed by atoms with Gasteiger partial charge < -0.3 is 29.2 Å². The third-order valence-corrected chi connectivity index (χ3v) is 7.46. The van der Waals surface area contributed by atoms with E-state index in [4.69, 9.17) is 19.2 Å². The standard InChI is InChI=1S/C29H32N4O4/c1-29(2)36-25-20(16-34)13-23(26(25)37-29)33-15-22(19-7-5-4-6-8-19)24-27(31-17-32-28(24)33)30-14-18-9-11-21(35-3)12-10-18/h4-12,15,17,20,23,25-26,34H,13-14,16H2,1-3H3,(H,30,31,32)/t20-,23-,25-,26+/m1/s1.